The Hall–Kier alpha value is -3.40. The van der Waals surface area contributed by atoms with E-state index in [0.29, 0.717) is 11.1 Å². The first-order valence-corrected chi connectivity index (χ1v) is 11.5. The second-order valence-electron chi connectivity index (χ2n) is 8.23. The number of unbranched alkanes of at least 4 members (excludes halogenated alkanes) is 5. The van der Waals surface area contributed by atoms with E-state index in [0.717, 1.165) is 58.8 Å². The van der Waals surface area contributed by atoms with Crippen molar-refractivity contribution in [3.63, 3.8) is 0 Å². The Bertz CT molecular complexity index is 1160. The maximum atomic E-state index is 11.4. The standard InChI is InChI=1S/C28H29NO3/c1-2-3-4-5-6-7-16-32-24-12-10-23(11-13-24)29-27-17-21(19-30)8-14-25(27)26-15-9-22(20-31)18-28(26)29/h8-15,17-20H,2-7,16H2,1H3. The Kier molecular flexibility index (Phi) is 7.00. The van der Waals surface area contributed by atoms with Crippen molar-refractivity contribution in [2.45, 2.75) is 45.4 Å². The molecule has 0 unspecified atom stereocenters. The molecule has 0 atom stereocenters. The molecule has 0 amide bonds. The minimum Gasteiger partial charge on any atom is -0.494 e. The van der Waals surface area contributed by atoms with Gasteiger partial charge in [-0.05, 0) is 42.8 Å². The van der Waals surface area contributed by atoms with Gasteiger partial charge in [-0.3, -0.25) is 9.59 Å². The summed E-state index contributed by atoms with van der Waals surface area (Å²) >= 11 is 0. The van der Waals surface area contributed by atoms with Crippen LogP contribution in [0.5, 0.6) is 5.75 Å². The number of aromatic nitrogens is 1. The lowest BCUT2D eigenvalue weighted by Crippen LogP contribution is -1.99. The van der Waals surface area contributed by atoms with Gasteiger partial charge in [-0.1, -0.05) is 63.3 Å². The molecule has 0 aliphatic rings. The van der Waals surface area contributed by atoms with Crippen LogP contribution in [-0.4, -0.2) is 23.7 Å². The SMILES string of the molecule is CCCCCCCCOc1ccc(-n2c3cc(C=O)ccc3c3ccc(C=O)cc32)cc1. The molecule has 0 saturated carbocycles. The molecular weight excluding hydrogens is 398 g/mol. The van der Waals surface area contributed by atoms with Crippen molar-refractivity contribution in [2.24, 2.45) is 0 Å². The predicted octanol–water partition coefficient (Wildman–Crippen LogP) is 7.15. The normalized spacial score (nSPS) is 11.2. The van der Waals surface area contributed by atoms with Gasteiger partial charge in [-0.2, -0.15) is 0 Å². The molecule has 3 aromatic carbocycles. The van der Waals surface area contributed by atoms with Gasteiger partial charge in [0.05, 0.1) is 17.6 Å². The van der Waals surface area contributed by atoms with Crippen LogP contribution in [0.2, 0.25) is 0 Å². The van der Waals surface area contributed by atoms with E-state index in [1.165, 1.54) is 32.1 Å². The molecule has 0 radical (unpaired) electrons. The van der Waals surface area contributed by atoms with Crippen LogP contribution < -0.4 is 4.74 Å². The first-order chi connectivity index (χ1) is 15.7. The second kappa shape index (κ2) is 10.3. The summed E-state index contributed by atoms with van der Waals surface area (Å²) in [4.78, 5) is 22.8. The number of benzene rings is 3. The molecule has 32 heavy (non-hydrogen) atoms. The van der Waals surface area contributed by atoms with Gasteiger partial charge in [-0.15, -0.1) is 0 Å². The highest BCUT2D eigenvalue weighted by Gasteiger charge is 2.13. The molecule has 0 saturated heterocycles. The fourth-order valence-electron chi connectivity index (χ4n) is 4.24. The smallest absolute Gasteiger partial charge is 0.150 e. The van der Waals surface area contributed by atoms with Crippen LogP contribution in [0.25, 0.3) is 27.5 Å². The monoisotopic (exact) mass is 427 g/mol. The number of hydrogen-bond acceptors (Lipinski definition) is 3. The Balaban J connectivity index is 1.60. The summed E-state index contributed by atoms with van der Waals surface area (Å²) in [5, 5.41) is 2.10. The first-order valence-electron chi connectivity index (χ1n) is 11.5. The van der Waals surface area contributed by atoms with Gasteiger partial charge >= 0.3 is 0 Å². The molecule has 164 valence electrons. The number of fused-ring (bicyclic) bond motifs is 3. The molecule has 0 fully saturated rings. The van der Waals surface area contributed by atoms with E-state index in [9.17, 15) is 9.59 Å². The molecule has 1 heterocycles. The van der Waals surface area contributed by atoms with Crippen molar-refractivity contribution >= 4 is 34.4 Å². The molecule has 0 spiro atoms. The van der Waals surface area contributed by atoms with Crippen LogP contribution in [0.15, 0.2) is 60.7 Å². The van der Waals surface area contributed by atoms with Gasteiger partial charge in [0.1, 0.15) is 18.3 Å². The third-order valence-corrected chi connectivity index (χ3v) is 5.95. The van der Waals surface area contributed by atoms with Gasteiger partial charge in [0.25, 0.3) is 0 Å². The number of carbonyl (C=O) groups excluding carboxylic acids is 2. The minimum absolute atomic E-state index is 0.621. The van der Waals surface area contributed by atoms with E-state index < -0.39 is 0 Å². The summed E-state index contributed by atoms with van der Waals surface area (Å²) < 4.78 is 8.03. The lowest BCUT2D eigenvalue weighted by molar-refractivity contribution is 0.111. The summed E-state index contributed by atoms with van der Waals surface area (Å²) in [6, 6.07) is 19.4. The van der Waals surface area contributed by atoms with E-state index in [2.05, 4.69) is 11.5 Å². The van der Waals surface area contributed by atoms with Gasteiger partial charge in [0.15, 0.2) is 0 Å². The number of aldehydes is 2. The van der Waals surface area contributed by atoms with Crippen molar-refractivity contribution in [1.29, 1.82) is 0 Å². The van der Waals surface area contributed by atoms with Crippen molar-refractivity contribution in [3.8, 4) is 11.4 Å². The first kappa shape index (κ1) is 21.8. The number of nitrogens with zero attached hydrogens (tertiary/aromatic N) is 1. The fraction of sp³-hybridized carbons (Fsp3) is 0.286. The van der Waals surface area contributed by atoms with Crippen molar-refractivity contribution < 1.29 is 14.3 Å². The maximum Gasteiger partial charge on any atom is 0.150 e. The molecule has 0 aliphatic carbocycles. The zero-order chi connectivity index (χ0) is 22.3. The van der Waals surface area contributed by atoms with Crippen molar-refractivity contribution in [3.05, 3.63) is 71.8 Å². The summed E-state index contributed by atoms with van der Waals surface area (Å²) in [6.07, 6.45) is 9.15. The highest BCUT2D eigenvalue weighted by atomic mass is 16.5. The van der Waals surface area contributed by atoms with Crippen LogP contribution in [0, 0.1) is 0 Å². The van der Waals surface area contributed by atoms with E-state index >= 15 is 0 Å². The van der Waals surface area contributed by atoms with Gasteiger partial charge in [0, 0.05) is 27.6 Å². The van der Waals surface area contributed by atoms with Gasteiger partial charge in [-0.25, -0.2) is 0 Å². The summed E-state index contributed by atoms with van der Waals surface area (Å²) in [5.41, 5.74) is 4.08. The summed E-state index contributed by atoms with van der Waals surface area (Å²) in [5.74, 6) is 0.852. The highest BCUT2D eigenvalue weighted by molar-refractivity contribution is 6.11. The molecule has 4 nitrogen and oxygen atoms in total. The van der Waals surface area contributed by atoms with Crippen LogP contribution in [0.3, 0.4) is 0 Å². The molecular formula is C28H29NO3. The van der Waals surface area contributed by atoms with Crippen LogP contribution in [0.4, 0.5) is 0 Å². The largest absolute Gasteiger partial charge is 0.494 e. The second-order valence-corrected chi connectivity index (χ2v) is 8.23. The Morgan fingerprint density at radius 2 is 1.28 bits per heavy atom. The van der Waals surface area contributed by atoms with E-state index in [1.54, 1.807) is 0 Å². The predicted molar refractivity (Wildman–Crippen MR) is 130 cm³/mol. The Morgan fingerprint density at radius 3 is 1.84 bits per heavy atom. The minimum atomic E-state index is 0.621. The fourth-order valence-corrected chi connectivity index (χ4v) is 4.24. The lowest BCUT2D eigenvalue weighted by Gasteiger charge is -2.11. The van der Waals surface area contributed by atoms with E-state index in [4.69, 9.17) is 4.74 Å². The van der Waals surface area contributed by atoms with Crippen molar-refractivity contribution in [1.82, 2.24) is 4.57 Å². The number of carbonyl (C=O) groups is 2. The van der Waals surface area contributed by atoms with Crippen LogP contribution in [0.1, 0.15) is 66.2 Å². The van der Waals surface area contributed by atoms with Gasteiger partial charge in [0.2, 0.25) is 0 Å². The zero-order valence-electron chi connectivity index (χ0n) is 18.5. The molecule has 1 aromatic heterocycles. The quantitative estimate of drug-likeness (QED) is 0.189. The number of rotatable bonds is 11. The molecule has 0 N–H and O–H groups in total. The Morgan fingerprint density at radius 1 is 0.719 bits per heavy atom. The third kappa shape index (κ3) is 4.59. The van der Waals surface area contributed by atoms with Gasteiger partial charge < -0.3 is 9.30 Å². The molecule has 0 bridgehead atoms. The molecule has 4 rings (SSSR count). The number of ether oxygens (including phenoxy) is 1. The average Bonchev–Trinajstić information content (AvgIpc) is 3.16. The average molecular weight is 428 g/mol. The molecule has 4 aromatic rings. The Labute approximate surface area is 188 Å². The lowest BCUT2D eigenvalue weighted by atomic mass is 10.1. The number of hydrogen-bond donors (Lipinski definition) is 0. The molecule has 0 aliphatic heterocycles. The van der Waals surface area contributed by atoms with E-state index in [1.807, 2.05) is 60.7 Å². The highest BCUT2D eigenvalue weighted by Crippen LogP contribution is 2.33. The zero-order valence-corrected chi connectivity index (χ0v) is 18.5. The van der Waals surface area contributed by atoms with E-state index in [-0.39, 0.29) is 0 Å². The summed E-state index contributed by atoms with van der Waals surface area (Å²) in [7, 11) is 0. The van der Waals surface area contributed by atoms with Crippen LogP contribution in [-0.2, 0) is 0 Å². The van der Waals surface area contributed by atoms with Crippen molar-refractivity contribution in [2.75, 3.05) is 6.61 Å². The van der Waals surface area contributed by atoms with Crippen LogP contribution >= 0.6 is 0 Å². The summed E-state index contributed by atoms with van der Waals surface area (Å²) in [6.45, 7) is 2.96. The topological polar surface area (TPSA) is 48.3 Å². The molecule has 4 heteroatoms. The third-order valence-electron chi connectivity index (χ3n) is 5.95. The maximum absolute atomic E-state index is 11.4.